The van der Waals surface area contributed by atoms with Crippen molar-refractivity contribution in [1.29, 1.82) is 0 Å². The average Bonchev–Trinajstić information content (AvgIpc) is 2.61. The number of carbonyl (C=O) groups is 2. The van der Waals surface area contributed by atoms with E-state index in [0.717, 1.165) is 42.7 Å². The summed E-state index contributed by atoms with van der Waals surface area (Å²) in [5.74, 6) is -2.17. The van der Waals surface area contributed by atoms with Gasteiger partial charge in [-0.1, -0.05) is 13.8 Å². The van der Waals surface area contributed by atoms with E-state index in [1.54, 1.807) is 0 Å². The van der Waals surface area contributed by atoms with E-state index in [9.17, 15) is 40.7 Å². The van der Waals surface area contributed by atoms with Gasteiger partial charge in [-0.2, -0.15) is 13.2 Å². The van der Waals surface area contributed by atoms with Crippen LogP contribution in [0.1, 0.15) is 25.8 Å². The lowest BCUT2D eigenvalue weighted by molar-refractivity contribution is -0.263. The molecule has 0 saturated heterocycles. The molecule has 0 amide bonds. The molecule has 0 fully saturated rings. The molecule has 1 aliphatic carbocycles. The van der Waals surface area contributed by atoms with Gasteiger partial charge in [0.25, 0.3) is 0 Å². The molecule has 3 N–H and O–H groups in total. The Labute approximate surface area is 182 Å². The van der Waals surface area contributed by atoms with Crippen LogP contribution in [-0.4, -0.2) is 49.7 Å². The Morgan fingerprint density at radius 3 is 2.28 bits per heavy atom. The molecule has 176 valence electrons. The summed E-state index contributed by atoms with van der Waals surface area (Å²) in [4.78, 5) is 23.2. The highest BCUT2D eigenvalue weighted by atomic mass is 32.2. The highest BCUT2D eigenvalue weighted by Crippen LogP contribution is 2.43. The number of hydrogen-bond donors (Lipinski definition) is 3. The fourth-order valence-corrected chi connectivity index (χ4v) is 3.92. The number of halogens is 4. The third-order valence-corrected chi connectivity index (χ3v) is 5.38. The van der Waals surface area contributed by atoms with Crippen LogP contribution in [0.2, 0.25) is 0 Å². The Kier molecular flexibility index (Phi) is 6.91. The molecule has 0 spiro atoms. The quantitative estimate of drug-likeness (QED) is 0.391. The number of ketones is 2. The van der Waals surface area contributed by atoms with Gasteiger partial charge < -0.3 is 10.4 Å². The molecule has 7 nitrogen and oxygen atoms in total. The van der Waals surface area contributed by atoms with Crippen molar-refractivity contribution >= 4 is 27.3 Å². The monoisotopic (exact) mass is 478 g/mol. The molecule has 0 saturated carbocycles. The maximum atomic E-state index is 13.9. The van der Waals surface area contributed by atoms with Gasteiger partial charge in [0, 0.05) is 6.08 Å². The molecular weight excluding hydrogens is 456 g/mol. The van der Waals surface area contributed by atoms with Crippen molar-refractivity contribution in [3.05, 3.63) is 53.5 Å². The molecule has 0 aromatic heterocycles. The van der Waals surface area contributed by atoms with Gasteiger partial charge in [-0.15, -0.1) is 0 Å². The lowest BCUT2D eigenvalue weighted by atomic mass is 9.74. The van der Waals surface area contributed by atoms with Gasteiger partial charge in [-0.3, -0.25) is 14.3 Å². The van der Waals surface area contributed by atoms with Crippen molar-refractivity contribution in [2.45, 2.75) is 37.5 Å². The number of benzene rings is 1. The van der Waals surface area contributed by atoms with Crippen molar-refractivity contribution < 1.29 is 40.7 Å². The fraction of sp³-hybridized carbons (Fsp3) is 0.400. The van der Waals surface area contributed by atoms with Crippen molar-refractivity contribution in [3.63, 3.8) is 0 Å². The Morgan fingerprint density at radius 1 is 1.09 bits per heavy atom. The lowest BCUT2D eigenvalue weighted by Gasteiger charge is -2.39. The van der Waals surface area contributed by atoms with E-state index in [4.69, 9.17) is 0 Å². The van der Waals surface area contributed by atoms with Crippen molar-refractivity contribution in [1.82, 2.24) is 5.32 Å². The number of nitrogens with one attached hydrogen (secondary N) is 2. The van der Waals surface area contributed by atoms with E-state index < -0.39 is 63.3 Å². The maximum absolute atomic E-state index is 13.9. The van der Waals surface area contributed by atoms with Gasteiger partial charge >= 0.3 is 6.18 Å². The van der Waals surface area contributed by atoms with Crippen molar-refractivity contribution in [3.8, 4) is 0 Å². The number of alkyl halides is 3. The van der Waals surface area contributed by atoms with E-state index in [1.807, 2.05) is 0 Å². The second-order valence-electron chi connectivity index (χ2n) is 8.17. The summed E-state index contributed by atoms with van der Waals surface area (Å²) in [6.07, 6.45) is -2.74. The smallest absolute Gasteiger partial charge is 0.379 e. The van der Waals surface area contributed by atoms with Crippen LogP contribution in [-0.2, 0) is 25.0 Å². The molecule has 0 heterocycles. The van der Waals surface area contributed by atoms with Crippen LogP contribution >= 0.6 is 0 Å². The van der Waals surface area contributed by atoms with Crippen molar-refractivity contribution in [2.24, 2.45) is 0 Å². The lowest BCUT2D eigenvalue weighted by Crippen LogP contribution is -2.55. The molecule has 1 unspecified atom stereocenters. The first-order valence-corrected chi connectivity index (χ1v) is 11.1. The summed E-state index contributed by atoms with van der Waals surface area (Å²) in [7, 11) is -3.83. The number of rotatable bonds is 8. The second-order valence-corrected chi connectivity index (χ2v) is 9.91. The summed E-state index contributed by atoms with van der Waals surface area (Å²) in [5.41, 5.74) is -5.68. The molecule has 1 aliphatic rings. The highest BCUT2D eigenvalue weighted by molar-refractivity contribution is 7.92. The summed E-state index contributed by atoms with van der Waals surface area (Å²) < 4.78 is 80.9. The number of sulfonamides is 1. The predicted molar refractivity (Wildman–Crippen MR) is 109 cm³/mol. The first-order chi connectivity index (χ1) is 14.4. The Hall–Kier alpha value is -2.73. The first-order valence-electron chi connectivity index (χ1n) is 9.22. The number of anilines is 1. The van der Waals surface area contributed by atoms with E-state index in [0.29, 0.717) is 0 Å². The molecule has 1 aromatic carbocycles. The van der Waals surface area contributed by atoms with E-state index in [-0.39, 0.29) is 11.3 Å². The molecule has 12 heteroatoms. The Morgan fingerprint density at radius 2 is 1.72 bits per heavy atom. The highest BCUT2D eigenvalue weighted by Gasteiger charge is 2.56. The molecular formula is C20H22F4N2O5S. The van der Waals surface area contributed by atoms with Crippen LogP contribution in [0.4, 0.5) is 23.2 Å². The largest absolute Gasteiger partial charge is 0.418 e. The summed E-state index contributed by atoms with van der Waals surface area (Å²) in [6, 6.07) is 2.90. The van der Waals surface area contributed by atoms with Gasteiger partial charge in [0.1, 0.15) is 5.82 Å². The molecule has 32 heavy (non-hydrogen) atoms. The molecule has 1 atom stereocenters. The normalized spacial score (nSPS) is 17.1. The van der Waals surface area contributed by atoms with E-state index in [2.05, 4.69) is 10.0 Å². The average molecular weight is 478 g/mol. The topological polar surface area (TPSA) is 113 Å². The minimum Gasteiger partial charge on any atom is -0.379 e. The first kappa shape index (κ1) is 25.5. The SMILES string of the molecule is CC(C)(CC(O)(CNC1=CC(=O)C=CC1=O)C(F)(F)F)c1cc(F)ccc1NS(C)(=O)=O. The molecule has 0 bridgehead atoms. The minimum atomic E-state index is -5.19. The fourth-order valence-electron chi connectivity index (χ4n) is 3.34. The van der Waals surface area contributed by atoms with Crippen LogP contribution in [0.5, 0.6) is 0 Å². The van der Waals surface area contributed by atoms with Gasteiger partial charge in [0.2, 0.25) is 15.8 Å². The zero-order valence-electron chi connectivity index (χ0n) is 17.4. The molecule has 1 aromatic rings. The van der Waals surface area contributed by atoms with Gasteiger partial charge in [0.05, 0.1) is 24.2 Å². The van der Waals surface area contributed by atoms with Crippen LogP contribution in [0.15, 0.2) is 42.1 Å². The van der Waals surface area contributed by atoms with Gasteiger partial charge in [-0.25, -0.2) is 12.8 Å². The molecule has 0 aliphatic heterocycles. The second kappa shape index (κ2) is 8.66. The van der Waals surface area contributed by atoms with Crippen LogP contribution in [0, 0.1) is 5.82 Å². The van der Waals surface area contributed by atoms with Crippen LogP contribution in [0.25, 0.3) is 0 Å². The molecule has 2 rings (SSSR count). The molecule has 0 radical (unpaired) electrons. The number of allylic oxidation sites excluding steroid dienone is 3. The third kappa shape index (κ3) is 6.16. The predicted octanol–water partition coefficient (Wildman–Crippen LogP) is 2.34. The zero-order chi connectivity index (χ0) is 24.5. The van der Waals surface area contributed by atoms with Crippen LogP contribution < -0.4 is 10.0 Å². The van der Waals surface area contributed by atoms with Gasteiger partial charge in [-0.05, 0) is 47.8 Å². The Balaban J connectivity index is 2.41. The Bertz CT molecular complexity index is 1090. The van der Waals surface area contributed by atoms with E-state index >= 15 is 0 Å². The number of hydrogen-bond acceptors (Lipinski definition) is 6. The van der Waals surface area contributed by atoms with Gasteiger partial charge in [0.15, 0.2) is 11.4 Å². The summed E-state index contributed by atoms with van der Waals surface area (Å²) in [6.45, 7) is 1.38. The number of aliphatic hydroxyl groups is 1. The van der Waals surface area contributed by atoms with Crippen LogP contribution in [0.3, 0.4) is 0 Å². The van der Waals surface area contributed by atoms with E-state index in [1.165, 1.54) is 13.8 Å². The number of carbonyl (C=O) groups excluding carboxylic acids is 2. The van der Waals surface area contributed by atoms with Crippen molar-refractivity contribution in [2.75, 3.05) is 17.5 Å². The summed E-state index contributed by atoms with van der Waals surface area (Å²) >= 11 is 0. The maximum Gasteiger partial charge on any atom is 0.418 e. The minimum absolute atomic E-state index is 0.114. The zero-order valence-corrected chi connectivity index (χ0v) is 18.2. The standard InChI is InChI=1S/C20H22F4N2O5S/c1-18(2,14-8-12(21)4-6-15(14)26-32(3,30)31)10-19(29,20(22,23)24)11-25-16-9-13(27)5-7-17(16)28/h4-9,25-26,29H,10-11H2,1-3H3. The summed E-state index contributed by atoms with van der Waals surface area (Å²) in [5, 5.41) is 12.7. The third-order valence-electron chi connectivity index (χ3n) is 4.79.